The molecule has 25 heavy (non-hydrogen) atoms. The van der Waals surface area contributed by atoms with Gasteiger partial charge in [-0.3, -0.25) is 4.79 Å². The zero-order chi connectivity index (χ0) is 17.8. The number of anilines is 1. The van der Waals surface area contributed by atoms with Crippen molar-refractivity contribution in [3.8, 4) is 0 Å². The molecule has 4 nitrogen and oxygen atoms in total. The molecule has 0 saturated carbocycles. The first-order chi connectivity index (χ1) is 12.0. The molecule has 1 heterocycles. The Morgan fingerprint density at radius 2 is 2.20 bits per heavy atom. The van der Waals surface area contributed by atoms with Gasteiger partial charge < -0.3 is 10.1 Å². The molecule has 3 rings (SSSR count). The molecule has 1 amide bonds. The van der Waals surface area contributed by atoms with Crippen LogP contribution in [0.25, 0.3) is 0 Å². The lowest BCUT2D eigenvalue weighted by Gasteiger charge is -2.16. The summed E-state index contributed by atoms with van der Waals surface area (Å²) in [5.41, 5.74) is 1.96. The van der Waals surface area contributed by atoms with Gasteiger partial charge in [0.25, 0.3) is 5.91 Å². The van der Waals surface area contributed by atoms with E-state index in [1.54, 1.807) is 11.8 Å². The Balaban J connectivity index is 1.54. The molecule has 1 aliphatic rings. The molecule has 1 aromatic heterocycles. The molecule has 0 aliphatic heterocycles. The van der Waals surface area contributed by atoms with Gasteiger partial charge in [-0.15, -0.1) is 23.1 Å². The summed E-state index contributed by atoms with van der Waals surface area (Å²) in [5.74, 6) is -0.0876. The highest BCUT2D eigenvalue weighted by Crippen LogP contribution is 2.32. The number of thiophene rings is 1. The zero-order valence-electron chi connectivity index (χ0n) is 14.3. The summed E-state index contributed by atoms with van der Waals surface area (Å²) in [4.78, 5) is 27.1. The summed E-state index contributed by atoms with van der Waals surface area (Å²) in [5, 5.41) is 2.75. The maximum atomic E-state index is 12.2. The van der Waals surface area contributed by atoms with Crippen molar-refractivity contribution in [1.29, 1.82) is 0 Å². The van der Waals surface area contributed by atoms with Gasteiger partial charge in [0, 0.05) is 15.5 Å². The summed E-state index contributed by atoms with van der Waals surface area (Å²) in [6.07, 6.45) is 5.19. The smallest absolute Gasteiger partial charge is 0.348 e. The number of carbonyl (C=O) groups excluding carboxylic acids is 2. The first-order valence-electron chi connectivity index (χ1n) is 8.27. The van der Waals surface area contributed by atoms with E-state index in [2.05, 4.69) is 12.2 Å². The fourth-order valence-electron chi connectivity index (χ4n) is 2.91. The molecule has 1 unspecified atom stereocenters. The minimum Gasteiger partial charge on any atom is -0.451 e. The van der Waals surface area contributed by atoms with Crippen LogP contribution in [0.4, 0.5) is 5.69 Å². The van der Waals surface area contributed by atoms with E-state index in [0.717, 1.165) is 17.7 Å². The number of hydrogen-bond acceptors (Lipinski definition) is 5. The van der Waals surface area contributed by atoms with Crippen molar-refractivity contribution in [2.24, 2.45) is 5.92 Å². The van der Waals surface area contributed by atoms with Crippen molar-refractivity contribution in [2.45, 2.75) is 31.1 Å². The van der Waals surface area contributed by atoms with E-state index in [1.165, 1.54) is 28.2 Å². The van der Waals surface area contributed by atoms with E-state index in [4.69, 9.17) is 4.74 Å². The minimum absolute atomic E-state index is 0.276. The second-order valence-corrected chi connectivity index (χ2v) is 8.28. The van der Waals surface area contributed by atoms with Gasteiger partial charge in [-0.1, -0.05) is 13.0 Å². The molecule has 1 aromatic carbocycles. The third kappa shape index (κ3) is 4.64. The Morgan fingerprint density at radius 1 is 1.36 bits per heavy atom. The highest BCUT2D eigenvalue weighted by Gasteiger charge is 2.21. The summed E-state index contributed by atoms with van der Waals surface area (Å²) in [6, 6.07) is 9.48. The van der Waals surface area contributed by atoms with Crippen molar-refractivity contribution >= 4 is 40.7 Å². The van der Waals surface area contributed by atoms with Crippen LogP contribution in [0, 0.1) is 5.92 Å². The Bertz CT molecular complexity index is 785. The fourth-order valence-corrected chi connectivity index (χ4v) is 4.47. The van der Waals surface area contributed by atoms with E-state index < -0.39 is 5.97 Å². The predicted molar refractivity (Wildman–Crippen MR) is 103 cm³/mol. The second-order valence-electron chi connectivity index (χ2n) is 6.26. The first-order valence-corrected chi connectivity index (χ1v) is 10.3. The van der Waals surface area contributed by atoms with Gasteiger partial charge in [0.05, 0.1) is 0 Å². The number of rotatable bonds is 5. The number of fused-ring (bicyclic) bond motifs is 1. The number of amides is 1. The number of hydrogen-bond donors (Lipinski definition) is 1. The number of nitrogens with one attached hydrogen (secondary N) is 1. The predicted octanol–water partition coefficient (Wildman–Crippen LogP) is 4.39. The summed E-state index contributed by atoms with van der Waals surface area (Å²) in [7, 11) is 0. The van der Waals surface area contributed by atoms with Gasteiger partial charge in [0.1, 0.15) is 4.88 Å². The molecule has 0 radical (unpaired) electrons. The number of carbonyl (C=O) groups is 2. The SMILES string of the molecule is CSc1cccc(NC(=O)COC(=O)c2cc3c(s2)CCC(C)C3)c1. The molecule has 0 saturated heterocycles. The maximum absolute atomic E-state index is 12.2. The Kier molecular flexibility index (Phi) is 5.81. The Hall–Kier alpha value is -1.79. The van der Waals surface area contributed by atoms with Gasteiger partial charge in [-0.05, 0) is 61.3 Å². The number of esters is 1. The quantitative estimate of drug-likeness (QED) is 0.622. The Morgan fingerprint density at radius 3 is 3.00 bits per heavy atom. The van der Waals surface area contributed by atoms with Gasteiger partial charge in [0.15, 0.2) is 6.61 Å². The van der Waals surface area contributed by atoms with Crippen molar-refractivity contribution in [2.75, 3.05) is 18.2 Å². The summed E-state index contributed by atoms with van der Waals surface area (Å²) >= 11 is 3.10. The molecular formula is C19H21NO3S2. The zero-order valence-corrected chi connectivity index (χ0v) is 16.0. The van der Waals surface area contributed by atoms with Gasteiger partial charge in [-0.25, -0.2) is 4.79 Å². The van der Waals surface area contributed by atoms with Crippen LogP contribution >= 0.6 is 23.1 Å². The first kappa shape index (κ1) is 18.0. The molecular weight excluding hydrogens is 354 g/mol. The van der Waals surface area contributed by atoms with Crippen LogP contribution in [0.5, 0.6) is 0 Å². The molecule has 1 N–H and O–H groups in total. The molecule has 0 bridgehead atoms. The summed E-state index contributed by atoms with van der Waals surface area (Å²) in [6.45, 7) is 1.95. The third-order valence-electron chi connectivity index (χ3n) is 4.22. The van der Waals surface area contributed by atoms with Crippen LogP contribution in [-0.4, -0.2) is 24.7 Å². The van der Waals surface area contributed by atoms with E-state index >= 15 is 0 Å². The lowest BCUT2D eigenvalue weighted by Crippen LogP contribution is -2.20. The largest absolute Gasteiger partial charge is 0.451 e. The lowest BCUT2D eigenvalue weighted by atomic mass is 9.90. The topological polar surface area (TPSA) is 55.4 Å². The van der Waals surface area contributed by atoms with E-state index in [0.29, 0.717) is 16.5 Å². The van der Waals surface area contributed by atoms with Gasteiger partial charge in [-0.2, -0.15) is 0 Å². The molecule has 1 atom stereocenters. The van der Waals surface area contributed by atoms with E-state index in [1.807, 2.05) is 36.6 Å². The van der Waals surface area contributed by atoms with Crippen LogP contribution in [0.1, 0.15) is 33.5 Å². The van der Waals surface area contributed by atoms with E-state index in [-0.39, 0.29) is 12.5 Å². The molecule has 0 spiro atoms. The normalized spacial score (nSPS) is 16.2. The minimum atomic E-state index is -0.417. The van der Waals surface area contributed by atoms with Crippen LogP contribution < -0.4 is 5.32 Å². The van der Waals surface area contributed by atoms with Crippen LogP contribution in [0.15, 0.2) is 35.2 Å². The third-order valence-corrected chi connectivity index (χ3v) is 6.16. The molecule has 6 heteroatoms. The van der Waals surface area contributed by atoms with Crippen molar-refractivity contribution in [1.82, 2.24) is 0 Å². The lowest BCUT2D eigenvalue weighted by molar-refractivity contribution is -0.119. The highest BCUT2D eigenvalue weighted by molar-refractivity contribution is 7.98. The van der Waals surface area contributed by atoms with Crippen molar-refractivity contribution in [3.63, 3.8) is 0 Å². The van der Waals surface area contributed by atoms with Crippen LogP contribution in [0.3, 0.4) is 0 Å². The van der Waals surface area contributed by atoms with Crippen molar-refractivity contribution in [3.05, 3.63) is 45.6 Å². The standard InChI is InChI=1S/C19H21NO3S2/c1-12-6-7-16-13(8-12)9-17(25-16)19(22)23-11-18(21)20-14-4-3-5-15(10-14)24-2/h3-5,9-10,12H,6-8,11H2,1-2H3,(H,20,21). The van der Waals surface area contributed by atoms with Crippen LogP contribution in [0.2, 0.25) is 0 Å². The number of aryl methyl sites for hydroxylation is 1. The van der Waals surface area contributed by atoms with Gasteiger partial charge in [0.2, 0.25) is 0 Å². The van der Waals surface area contributed by atoms with E-state index in [9.17, 15) is 9.59 Å². The van der Waals surface area contributed by atoms with Crippen LogP contribution in [-0.2, 0) is 22.4 Å². The highest BCUT2D eigenvalue weighted by atomic mass is 32.2. The molecule has 0 fully saturated rings. The average molecular weight is 376 g/mol. The fraction of sp³-hybridized carbons (Fsp3) is 0.368. The summed E-state index contributed by atoms with van der Waals surface area (Å²) < 4.78 is 5.18. The Labute approximate surface area is 156 Å². The average Bonchev–Trinajstić information content (AvgIpc) is 3.03. The van der Waals surface area contributed by atoms with Gasteiger partial charge >= 0.3 is 5.97 Å². The number of benzene rings is 1. The molecule has 1 aliphatic carbocycles. The molecule has 2 aromatic rings. The monoisotopic (exact) mass is 375 g/mol. The maximum Gasteiger partial charge on any atom is 0.348 e. The number of ether oxygens (including phenoxy) is 1. The van der Waals surface area contributed by atoms with Crippen molar-refractivity contribution < 1.29 is 14.3 Å². The number of thioether (sulfide) groups is 1. The molecule has 132 valence electrons. The second kappa shape index (κ2) is 8.06.